The van der Waals surface area contributed by atoms with Crippen LogP contribution in [0.15, 0.2) is 23.6 Å². The molecule has 0 spiro atoms. The second-order valence-electron chi connectivity index (χ2n) is 5.26. The van der Waals surface area contributed by atoms with E-state index in [2.05, 4.69) is 41.9 Å². The van der Waals surface area contributed by atoms with Crippen molar-refractivity contribution in [1.29, 1.82) is 5.53 Å². The predicted molar refractivity (Wildman–Crippen MR) is 77.7 cm³/mol. The van der Waals surface area contributed by atoms with Crippen LogP contribution in [0.5, 0.6) is 0 Å². The molecule has 100 valence electrons. The molecule has 0 atom stereocenters. The van der Waals surface area contributed by atoms with Crippen LogP contribution in [0, 0.1) is 17.4 Å². The number of nitrogens with one attached hydrogen (secondary N) is 1. The number of hydrogen-bond acceptors (Lipinski definition) is 3. The monoisotopic (exact) mass is 278 g/mol. The zero-order valence-corrected chi connectivity index (χ0v) is 12.9. The Balaban J connectivity index is 0.00000256. The zero-order valence-electron chi connectivity index (χ0n) is 11.1. The van der Waals surface area contributed by atoms with E-state index in [9.17, 15) is 0 Å². The van der Waals surface area contributed by atoms with Gasteiger partial charge in [-0.05, 0) is 0 Å². The van der Waals surface area contributed by atoms with Crippen molar-refractivity contribution in [1.82, 2.24) is 9.32 Å². The van der Waals surface area contributed by atoms with Crippen molar-refractivity contribution < 1.29 is 0 Å². The van der Waals surface area contributed by atoms with E-state index in [4.69, 9.17) is 5.53 Å². The molecular formula is C11H24ClN4P. The second-order valence-corrected chi connectivity index (χ2v) is 8.78. The Kier molecular flexibility index (Phi) is 6.88. The maximum absolute atomic E-state index is 7.61. The molecule has 0 aliphatic rings. The predicted octanol–water partition coefficient (Wildman–Crippen LogP) is 4.08. The van der Waals surface area contributed by atoms with Crippen LogP contribution in [0.3, 0.4) is 0 Å². The minimum atomic E-state index is -2.07. The molecule has 1 rings (SSSR count). The van der Waals surface area contributed by atoms with Gasteiger partial charge in [-0.1, -0.05) is 0 Å². The maximum atomic E-state index is 7.61. The fourth-order valence-corrected chi connectivity index (χ4v) is 6.38. The largest absolute Gasteiger partial charge is 0.147 e. The molecule has 1 aromatic rings. The van der Waals surface area contributed by atoms with Gasteiger partial charge in [-0.3, -0.25) is 0 Å². The van der Waals surface area contributed by atoms with E-state index in [1.54, 1.807) is 6.20 Å². The summed E-state index contributed by atoms with van der Waals surface area (Å²) in [4.78, 5) is 8.16. The van der Waals surface area contributed by atoms with Gasteiger partial charge in [0.2, 0.25) is 0 Å². The van der Waals surface area contributed by atoms with Gasteiger partial charge in [-0.15, -0.1) is 12.4 Å². The van der Waals surface area contributed by atoms with Gasteiger partial charge in [0.05, 0.1) is 0 Å². The van der Waals surface area contributed by atoms with Crippen LogP contribution in [0.25, 0.3) is 0 Å². The van der Waals surface area contributed by atoms with Crippen molar-refractivity contribution in [2.75, 3.05) is 12.3 Å². The summed E-state index contributed by atoms with van der Waals surface area (Å²) in [6.45, 7) is 8.79. The summed E-state index contributed by atoms with van der Waals surface area (Å²) < 4.78 is 2.11. The number of imidazole rings is 1. The Bertz CT molecular complexity index is 314. The summed E-state index contributed by atoms with van der Waals surface area (Å²) in [6, 6.07) is 0. The average Bonchev–Trinajstić information content (AvgIpc) is 2.68. The molecule has 0 amide bonds. The summed E-state index contributed by atoms with van der Waals surface area (Å²) in [6.07, 6.45) is 7.62. The Hall–Kier alpha value is -0.470. The number of halogens is 1. The van der Waals surface area contributed by atoms with E-state index in [1.807, 2.05) is 12.5 Å². The first-order valence-electron chi connectivity index (χ1n) is 5.87. The smallest absolute Gasteiger partial charge is 0.147 e. The summed E-state index contributed by atoms with van der Waals surface area (Å²) in [5.74, 6) is 1.14. The Labute approximate surface area is 111 Å². The van der Waals surface area contributed by atoms with Crippen LogP contribution in [0.4, 0.5) is 0 Å². The minimum Gasteiger partial charge on any atom is -0.147 e. The number of nitrogens with zero attached hydrogens (tertiary/aromatic N) is 3. The molecule has 6 heteroatoms. The van der Waals surface area contributed by atoms with E-state index < -0.39 is 7.56 Å². The average molecular weight is 279 g/mol. The molecule has 0 aliphatic heterocycles. The molecule has 17 heavy (non-hydrogen) atoms. The summed E-state index contributed by atoms with van der Waals surface area (Å²) >= 11 is 0. The SMILES string of the molecule is CC(C)C[PH](CC(C)C)(N=N)n1ccnc1.Cl. The van der Waals surface area contributed by atoms with Crippen molar-refractivity contribution in [3.05, 3.63) is 18.7 Å². The molecule has 1 heterocycles. The zero-order chi connectivity index (χ0) is 12.2. The van der Waals surface area contributed by atoms with Gasteiger partial charge in [0.25, 0.3) is 0 Å². The molecule has 0 aliphatic carbocycles. The first-order valence-corrected chi connectivity index (χ1v) is 8.18. The van der Waals surface area contributed by atoms with Crippen molar-refractivity contribution in [2.24, 2.45) is 16.7 Å². The molecule has 0 fully saturated rings. The summed E-state index contributed by atoms with van der Waals surface area (Å²) in [5, 5.41) is 0. The third-order valence-corrected chi connectivity index (χ3v) is 7.25. The Morgan fingerprint density at radius 1 is 1.24 bits per heavy atom. The van der Waals surface area contributed by atoms with Gasteiger partial charge in [0.15, 0.2) is 0 Å². The van der Waals surface area contributed by atoms with Crippen LogP contribution >= 0.6 is 20.0 Å². The quantitative estimate of drug-likeness (QED) is 0.619. The van der Waals surface area contributed by atoms with Crippen molar-refractivity contribution in [2.45, 2.75) is 27.7 Å². The number of rotatable bonds is 6. The second kappa shape index (κ2) is 7.07. The number of aromatic nitrogens is 2. The summed E-state index contributed by atoms with van der Waals surface area (Å²) in [5.41, 5.74) is 7.61. The van der Waals surface area contributed by atoms with Crippen LogP contribution in [0.1, 0.15) is 27.7 Å². The van der Waals surface area contributed by atoms with Crippen molar-refractivity contribution in [3.63, 3.8) is 0 Å². The first kappa shape index (κ1) is 16.5. The van der Waals surface area contributed by atoms with Gasteiger partial charge >= 0.3 is 97.9 Å². The maximum Gasteiger partial charge on any atom is -0.147 e. The van der Waals surface area contributed by atoms with E-state index in [0.29, 0.717) is 11.8 Å². The van der Waals surface area contributed by atoms with Crippen molar-refractivity contribution in [3.8, 4) is 0 Å². The van der Waals surface area contributed by atoms with Gasteiger partial charge in [-0.2, -0.15) is 0 Å². The van der Waals surface area contributed by atoms with E-state index in [1.165, 1.54) is 0 Å². The van der Waals surface area contributed by atoms with Gasteiger partial charge < -0.3 is 0 Å². The van der Waals surface area contributed by atoms with E-state index in [0.717, 1.165) is 12.3 Å². The molecule has 0 unspecified atom stereocenters. The van der Waals surface area contributed by atoms with Gasteiger partial charge in [0, 0.05) is 0 Å². The molecule has 1 aromatic heterocycles. The van der Waals surface area contributed by atoms with Crippen LogP contribution in [-0.2, 0) is 0 Å². The fraction of sp³-hybridized carbons (Fsp3) is 0.727. The standard InChI is InChI=1S/C11H23N4P.ClH/c1-10(2)7-16(14-12,8-11(3)4)15-6-5-13-9-15;/h5-6,9-12,16H,7-8H2,1-4H3;1H. The number of hydrogen-bond donors (Lipinski definition) is 1. The molecule has 0 radical (unpaired) electrons. The Morgan fingerprint density at radius 2 is 1.76 bits per heavy atom. The van der Waals surface area contributed by atoms with Crippen LogP contribution < -0.4 is 0 Å². The molecule has 0 saturated carbocycles. The van der Waals surface area contributed by atoms with Gasteiger partial charge in [-0.25, -0.2) is 0 Å². The summed E-state index contributed by atoms with van der Waals surface area (Å²) in [7, 11) is -2.07. The van der Waals surface area contributed by atoms with E-state index >= 15 is 0 Å². The van der Waals surface area contributed by atoms with E-state index in [-0.39, 0.29) is 12.4 Å². The molecule has 0 aromatic carbocycles. The third kappa shape index (κ3) is 4.36. The fourth-order valence-electron chi connectivity index (χ4n) is 2.26. The molecule has 0 saturated heterocycles. The third-order valence-electron chi connectivity index (χ3n) is 2.66. The molecule has 0 bridgehead atoms. The topological polar surface area (TPSA) is 54.0 Å². The molecule has 4 nitrogen and oxygen atoms in total. The molecular weight excluding hydrogens is 255 g/mol. The molecule has 1 N–H and O–H groups in total. The minimum absolute atomic E-state index is 0. The van der Waals surface area contributed by atoms with Crippen LogP contribution in [-0.4, -0.2) is 21.6 Å². The van der Waals surface area contributed by atoms with Crippen LogP contribution in [0.2, 0.25) is 0 Å². The normalized spacial score (nSPS) is 12.6. The first-order chi connectivity index (χ1) is 7.50. The van der Waals surface area contributed by atoms with Crippen molar-refractivity contribution >= 4 is 20.0 Å². The van der Waals surface area contributed by atoms with Gasteiger partial charge in [0.1, 0.15) is 0 Å². The Morgan fingerprint density at radius 3 is 2.06 bits per heavy atom.